The number of carboxylic acid groups (broad SMARTS) is 1. The summed E-state index contributed by atoms with van der Waals surface area (Å²) in [6.07, 6.45) is -4.14. The Kier molecular flexibility index (Phi) is 4.37. The lowest BCUT2D eigenvalue weighted by Crippen LogP contribution is -2.40. The largest absolute Gasteiger partial charge is 0.481 e. The van der Waals surface area contributed by atoms with Gasteiger partial charge in [0.1, 0.15) is 5.60 Å². The lowest BCUT2D eigenvalue weighted by molar-refractivity contribution is -0.143. The van der Waals surface area contributed by atoms with Gasteiger partial charge in [0, 0.05) is 13.1 Å². The number of hydrogen-bond donors (Lipinski definition) is 1. The summed E-state index contributed by atoms with van der Waals surface area (Å²) in [5, 5.41) is 8.73. The molecule has 1 aliphatic rings. The van der Waals surface area contributed by atoms with Crippen LogP contribution in [0.1, 0.15) is 33.6 Å². The Morgan fingerprint density at radius 1 is 1.42 bits per heavy atom. The van der Waals surface area contributed by atoms with E-state index in [1.807, 2.05) is 0 Å². The number of carboxylic acids is 1. The predicted octanol–water partition coefficient (Wildman–Crippen LogP) is 2.35. The third-order valence-electron chi connectivity index (χ3n) is 3.00. The Morgan fingerprint density at radius 2 is 2.00 bits per heavy atom. The van der Waals surface area contributed by atoms with Crippen LogP contribution < -0.4 is 0 Å². The number of likely N-dealkylation sites (tertiary alicyclic amines) is 1. The van der Waals surface area contributed by atoms with Crippen molar-refractivity contribution in [2.75, 3.05) is 13.1 Å². The summed E-state index contributed by atoms with van der Waals surface area (Å²) in [5.74, 6) is -1.29. The summed E-state index contributed by atoms with van der Waals surface area (Å²) < 4.78 is 31.3. The van der Waals surface area contributed by atoms with Crippen molar-refractivity contribution in [3.05, 3.63) is 0 Å². The molecule has 0 bridgehead atoms. The van der Waals surface area contributed by atoms with Gasteiger partial charge in [0.25, 0.3) is 0 Å². The normalized spacial score (nSPS) is 23.8. The zero-order valence-electron chi connectivity index (χ0n) is 11.3. The van der Waals surface area contributed by atoms with Crippen LogP contribution in [0, 0.1) is 5.41 Å². The van der Waals surface area contributed by atoms with Crippen LogP contribution in [0.5, 0.6) is 0 Å². The number of halogens is 2. The maximum absolute atomic E-state index is 13.1. The first-order valence-corrected chi connectivity index (χ1v) is 6.04. The smallest absolute Gasteiger partial charge is 0.410 e. The number of aliphatic carboxylic acids is 1. The second kappa shape index (κ2) is 5.30. The van der Waals surface area contributed by atoms with Crippen molar-refractivity contribution >= 4 is 12.1 Å². The average Bonchev–Trinajstić information content (AvgIpc) is 2.59. The highest BCUT2D eigenvalue weighted by molar-refractivity contribution is 5.70. The monoisotopic (exact) mass is 279 g/mol. The van der Waals surface area contributed by atoms with E-state index in [4.69, 9.17) is 9.84 Å². The lowest BCUT2D eigenvalue weighted by Gasteiger charge is -2.28. The van der Waals surface area contributed by atoms with Crippen molar-refractivity contribution in [1.82, 2.24) is 4.90 Å². The fourth-order valence-corrected chi connectivity index (χ4v) is 2.08. The first kappa shape index (κ1) is 15.7. The average molecular weight is 279 g/mol. The first-order valence-electron chi connectivity index (χ1n) is 6.04. The van der Waals surface area contributed by atoms with Crippen LogP contribution in [0.25, 0.3) is 0 Å². The van der Waals surface area contributed by atoms with Gasteiger partial charge in [0.15, 0.2) is 0 Å². The Hall–Kier alpha value is -1.40. The van der Waals surface area contributed by atoms with E-state index in [-0.39, 0.29) is 19.5 Å². The van der Waals surface area contributed by atoms with Gasteiger partial charge in [-0.05, 0) is 27.2 Å². The standard InChI is InChI=1S/C12H19F2NO4/c1-11(2,3)19-10(18)15-5-4-12(7-15,9(13)14)6-8(16)17/h9H,4-7H2,1-3H3,(H,16,17). The molecule has 0 aromatic rings. The molecule has 1 heterocycles. The van der Waals surface area contributed by atoms with Crippen molar-refractivity contribution in [3.8, 4) is 0 Å². The van der Waals surface area contributed by atoms with Gasteiger partial charge in [-0.15, -0.1) is 0 Å². The highest BCUT2D eigenvalue weighted by Gasteiger charge is 2.49. The molecule has 1 rings (SSSR count). The zero-order valence-corrected chi connectivity index (χ0v) is 11.3. The molecule has 0 saturated carbocycles. The molecule has 0 aromatic carbocycles. The van der Waals surface area contributed by atoms with Gasteiger partial charge in [0.2, 0.25) is 6.43 Å². The quantitative estimate of drug-likeness (QED) is 0.861. The summed E-state index contributed by atoms with van der Waals surface area (Å²) in [6, 6.07) is 0. The molecule has 1 N–H and O–H groups in total. The SMILES string of the molecule is CC(C)(C)OC(=O)N1CCC(CC(=O)O)(C(F)F)C1. The maximum Gasteiger partial charge on any atom is 0.410 e. The summed E-state index contributed by atoms with van der Waals surface area (Å²) >= 11 is 0. The van der Waals surface area contributed by atoms with Crippen LogP contribution in [0.4, 0.5) is 13.6 Å². The van der Waals surface area contributed by atoms with Gasteiger partial charge in [-0.2, -0.15) is 0 Å². The second-order valence-corrected chi connectivity index (χ2v) is 5.89. The lowest BCUT2D eigenvalue weighted by atomic mass is 9.84. The van der Waals surface area contributed by atoms with Crippen LogP contribution in [0.15, 0.2) is 0 Å². The topological polar surface area (TPSA) is 66.8 Å². The molecule has 19 heavy (non-hydrogen) atoms. The highest BCUT2D eigenvalue weighted by Crippen LogP contribution is 2.40. The summed E-state index contributed by atoms with van der Waals surface area (Å²) in [4.78, 5) is 23.6. The molecule has 5 nitrogen and oxygen atoms in total. The number of nitrogens with zero attached hydrogens (tertiary/aromatic N) is 1. The predicted molar refractivity (Wildman–Crippen MR) is 63.1 cm³/mol. The minimum absolute atomic E-state index is 0.0315. The van der Waals surface area contributed by atoms with Gasteiger partial charge in [-0.1, -0.05) is 0 Å². The molecular formula is C12H19F2NO4. The third kappa shape index (κ3) is 4.04. The number of amides is 1. The van der Waals surface area contributed by atoms with Crippen LogP contribution in [-0.4, -0.2) is 47.2 Å². The van der Waals surface area contributed by atoms with E-state index in [1.54, 1.807) is 20.8 Å². The van der Waals surface area contributed by atoms with E-state index in [1.165, 1.54) is 0 Å². The van der Waals surface area contributed by atoms with E-state index < -0.39 is 35.9 Å². The maximum atomic E-state index is 13.1. The first-order chi connectivity index (χ1) is 8.56. The van der Waals surface area contributed by atoms with E-state index in [9.17, 15) is 18.4 Å². The molecule has 7 heteroatoms. The number of carbonyl (C=O) groups is 2. The molecule has 1 unspecified atom stereocenters. The van der Waals surface area contributed by atoms with Crippen molar-refractivity contribution < 1.29 is 28.2 Å². The third-order valence-corrected chi connectivity index (χ3v) is 3.00. The molecule has 1 saturated heterocycles. The highest BCUT2D eigenvalue weighted by atomic mass is 19.3. The van der Waals surface area contributed by atoms with Gasteiger partial charge >= 0.3 is 12.1 Å². The Morgan fingerprint density at radius 3 is 2.42 bits per heavy atom. The van der Waals surface area contributed by atoms with E-state index in [0.29, 0.717) is 0 Å². The summed E-state index contributed by atoms with van der Waals surface area (Å²) in [7, 11) is 0. The molecule has 1 amide bonds. The van der Waals surface area contributed by atoms with Crippen LogP contribution in [0.2, 0.25) is 0 Å². The van der Waals surface area contributed by atoms with Crippen molar-refractivity contribution in [3.63, 3.8) is 0 Å². The number of rotatable bonds is 3. The minimum atomic E-state index is -2.78. The molecule has 0 radical (unpaired) electrons. The minimum Gasteiger partial charge on any atom is -0.481 e. The number of hydrogen-bond acceptors (Lipinski definition) is 3. The molecular weight excluding hydrogens is 260 g/mol. The number of ether oxygens (including phenoxy) is 1. The van der Waals surface area contributed by atoms with Gasteiger partial charge < -0.3 is 14.7 Å². The fraction of sp³-hybridized carbons (Fsp3) is 0.833. The van der Waals surface area contributed by atoms with E-state index >= 15 is 0 Å². The molecule has 0 aliphatic carbocycles. The zero-order chi connectivity index (χ0) is 14.8. The molecule has 1 atom stereocenters. The molecule has 1 fully saturated rings. The van der Waals surface area contributed by atoms with Gasteiger partial charge in [0.05, 0.1) is 11.8 Å². The van der Waals surface area contributed by atoms with E-state index in [0.717, 1.165) is 4.90 Å². The number of alkyl halides is 2. The van der Waals surface area contributed by atoms with Gasteiger partial charge in [-0.3, -0.25) is 4.79 Å². The van der Waals surface area contributed by atoms with Crippen LogP contribution in [-0.2, 0) is 9.53 Å². The van der Waals surface area contributed by atoms with E-state index in [2.05, 4.69) is 0 Å². The molecule has 0 aromatic heterocycles. The molecule has 1 aliphatic heterocycles. The second-order valence-electron chi connectivity index (χ2n) is 5.89. The Labute approximate surface area is 110 Å². The Bertz CT molecular complexity index is 367. The van der Waals surface area contributed by atoms with Crippen LogP contribution in [0.3, 0.4) is 0 Å². The number of carbonyl (C=O) groups excluding carboxylic acids is 1. The molecule has 0 spiro atoms. The summed E-state index contributed by atoms with van der Waals surface area (Å²) in [6.45, 7) is 4.84. The Balaban J connectivity index is 2.74. The molecule has 110 valence electrons. The summed E-state index contributed by atoms with van der Waals surface area (Å²) in [5.41, 5.74) is -2.37. The van der Waals surface area contributed by atoms with Crippen molar-refractivity contribution in [1.29, 1.82) is 0 Å². The van der Waals surface area contributed by atoms with Crippen molar-refractivity contribution in [2.24, 2.45) is 5.41 Å². The van der Waals surface area contributed by atoms with Crippen LogP contribution >= 0.6 is 0 Å². The van der Waals surface area contributed by atoms with Crippen molar-refractivity contribution in [2.45, 2.75) is 45.6 Å². The fourth-order valence-electron chi connectivity index (χ4n) is 2.08. The van der Waals surface area contributed by atoms with Gasteiger partial charge in [-0.25, -0.2) is 13.6 Å².